The van der Waals surface area contributed by atoms with E-state index in [0.717, 1.165) is 19.3 Å². The zero-order valence-corrected chi connectivity index (χ0v) is 29.7. The van der Waals surface area contributed by atoms with Gasteiger partial charge in [0.2, 0.25) is 5.91 Å². The van der Waals surface area contributed by atoms with Crippen molar-refractivity contribution in [1.29, 1.82) is 0 Å². The second kappa shape index (κ2) is 36.3. The maximum absolute atomic E-state index is 12.3. The predicted molar refractivity (Wildman–Crippen MR) is 193 cm³/mol. The Bertz CT molecular complexity index is 632. The highest BCUT2D eigenvalue weighted by atomic mass is 16.3. The molecule has 1 amide bonds. The van der Waals surface area contributed by atoms with Gasteiger partial charge < -0.3 is 15.5 Å². The van der Waals surface area contributed by atoms with Crippen LogP contribution in [0.3, 0.4) is 0 Å². The number of hydrogen-bond acceptors (Lipinski definition) is 3. The SMILES string of the molecule is CCCCCCCC/C=C/C=C/[C@@H](O)[C@H](CO)NC(=O)CCCCCCCCCCCCCCCCCCCCCCCC. The smallest absolute Gasteiger partial charge is 0.220 e. The van der Waals surface area contributed by atoms with Gasteiger partial charge in [0.25, 0.3) is 0 Å². The second-order valence-corrected chi connectivity index (χ2v) is 13.4. The van der Waals surface area contributed by atoms with Gasteiger partial charge in [-0.05, 0) is 19.3 Å². The maximum atomic E-state index is 12.3. The number of aliphatic hydroxyl groups excluding tert-OH is 2. The zero-order chi connectivity index (χ0) is 32.2. The van der Waals surface area contributed by atoms with Crippen LogP contribution in [-0.2, 0) is 4.79 Å². The molecule has 0 heterocycles. The molecule has 4 nitrogen and oxygen atoms in total. The first-order valence-electron chi connectivity index (χ1n) is 19.6. The molecule has 0 radical (unpaired) electrons. The van der Waals surface area contributed by atoms with Gasteiger partial charge in [0.05, 0.1) is 18.8 Å². The minimum absolute atomic E-state index is 0.0803. The van der Waals surface area contributed by atoms with Crippen molar-refractivity contribution in [2.75, 3.05) is 6.61 Å². The number of carbonyl (C=O) groups is 1. The summed E-state index contributed by atoms with van der Waals surface area (Å²) in [5.41, 5.74) is 0. The summed E-state index contributed by atoms with van der Waals surface area (Å²) < 4.78 is 0. The maximum Gasteiger partial charge on any atom is 0.220 e. The van der Waals surface area contributed by atoms with E-state index in [1.807, 2.05) is 12.2 Å². The van der Waals surface area contributed by atoms with Crippen LogP contribution < -0.4 is 5.32 Å². The third kappa shape index (κ3) is 32.3. The fourth-order valence-electron chi connectivity index (χ4n) is 5.94. The Hall–Kier alpha value is -1.13. The lowest BCUT2D eigenvalue weighted by Gasteiger charge is -2.19. The number of hydrogen-bond donors (Lipinski definition) is 3. The van der Waals surface area contributed by atoms with Crippen LogP contribution in [0, 0.1) is 0 Å². The van der Waals surface area contributed by atoms with Crippen molar-refractivity contribution in [2.45, 2.75) is 219 Å². The van der Waals surface area contributed by atoms with E-state index in [1.54, 1.807) is 6.08 Å². The second-order valence-electron chi connectivity index (χ2n) is 13.4. The van der Waals surface area contributed by atoms with E-state index in [2.05, 4.69) is 25.2 Å². The molecule has 0 aromatic heterocycles. The van der Waals surface area contributed by atoms with Crippen LogP contribution in [0.4, 0.5) is 0 Å². The number of aliphatic hydroxyl groups is 2. The van der Waals surface area contributed by atoms with Gasteiger partial charge in [-0.1, -0.05) is 205 Å². The van der Waals surface area contributed by atoms with Crippen molar-refractivity contribution in [2.24, 2.45) is 0 Å². The van der Waals surface area contributed by atoms with Crippen LogP contribution in [-0.4, -0.2) is 34.9 Å². The third-order valence-corrected chi connectivity index (χ3v) is 8.99. The number of rotatable bonds is 35. The highest BCUT2D eigenvalue weighted by Gasteiger charge is 2.17. The van der Waals surface area contributed by atoms with Crippen LogP contribution in [0.2, 0.25) is 0 Å². The Morgan fingerprint density at radius 3 is 1.30 bits per heavy atom. The van der Waals surface area contributed by atoms with E-state index in [9.17, 15) is 15.0 Å². The Labute approximate surface area is 275 Å². The molecule has 0 spiro atoms. The lowest BCUT2D eigenvalue weighted by molar-refractivity contribution is -0.123. The number of nitrogens with one attached hydrogen (secondary N) is 1. The van der Waals surface area contributed by atoms with Crippen molar-refractivity contribution in [3.05, 3.63) is 24.3 Å². The summed E-state index contributed by atoms with van der Waals surface area (Å²) in [6.45, 7) is 4.26. The molecule has 260 valence electrons. The predicted octanol–water partition coefficient (Wildman–Crippen LogP) is 11.7. The summed E-state index contributed by atoms with van der Waals surface area (Å²) >= 11 is 0. The Morgan fingerprint density at radius 1 is 0.545 bits per heavy atom. The van der Waals surface area contributed by atoms with Crippen molar-refractivity contribution >= 4 is 5.91 Å². The van der Waals surface area contributed by atoms with Gasteiger partial charge in [0, 0.05) is 6.42 Å². The number of amides is 1. The molecule has 44 heavy (non-hydrogen) atoms. The van der Waals surface area contributed by atoms with Gasteiger partial charge in [-0.15, -0.1) is 0 Å². The van der Waals surface area contributed by atoms with Crippen LogP contribution in [0.5, 0.6) is 0 Å². The summed E-state index contributed by atoms with van der Waals surface area (Å²) in [5.74, 6) is -0.0803. The molecule has 0 bridgehead atoms. The lowest BCUT2D eigenvalue weighted by Crippen LogP contribution is -2.45. The fraction of sp³-hybridized carbons (Fsp3) is 0.875. The number of allylic oxidation sites excluding steroid dienone is 3. The molecular weight excluding hydrogens is 542 g/mol. The molecule has 0 aliphatic carbocycles. The first-order chi connectivity index (χ1) is 21.7. The normalized spacial score (nSPS) is 13.3. The van der Waals surface area contributed by atoms with Crippen LogP contribution >= 0.6 is 0 Å². The van der Waals surface area contributed by atoms with Crippen LogP contribution in [0.1, 0.15) is 206 Å². The standard InChI is InChI=1S/C40H77NO3/c1-3-5-7-9-11-13-15-16-17-18-19-20-21-22-23-24-25-26-28-30-32-34-36-40(44)41-38(37-42)39(43)35-33-31-29-27-14-12-10-8-6-4-2/h29,31,33,35,38-39,42-43H,3-28,30,32,34,36-37H2,1-2H3,(H,41,44)/b31-29+,35-33+/t38-,39+/m0/s1. The molecule has 0 rings (SSSR count). The molecule has 0 unspecified atom stereocenters. The average molecular weight is 620 g/mol. The van der Waals surface area contributed by atoms with Crippen LogP contribution in [0.15, 0.2) is 24.3 Å². The molecule has 0 aromatic carbocycles. The summed E-state index contributed by atoms with van der Waals surface area (Å²) in [6, 6.07) is -0.648. The fourth-order valence-corrected chi connectivity index (χ4v) is 5.94. The minimum atomic E-state index is -0.882. The molecule has 0 aliphatic rings. The highest BCUT2D eigenvalue weighted by Crippen LogP contribution is 2.15. The summed E-state index contributed by atoms with van der Waals surface area (Å²) in [5, 5.41) is 22.8. The number of unbranched alkanes of at least 4 members (excludes halogenated alkanes) is 27. The zero-order valence-electron chi connectivity index (χ0n) is 29.7. The molecule has 2 atom stereocenters. The van der Waals surface area contributed by atoms with E-state index in [4.69, 9.17) is 0 Å². The number of carbonyl (C=O) groups excluding carboxylic acids is 1. The van der Waals surface area contributed by atoms with Crippen molar-refractivity contribution < 1.29 is 15.0 Å². The van der Waals surface area contributed by atoms with Gasteiger partial charge in [0.15, 0.2) is 0 Å². The molecule has 4 heteroatoms. The molecule has 0 aromatic rings. The van der Waals surface area contributed by atoms with E-state index in [0.29, 0.717) is 6.42 Å². The molecule has 0 aliphatic heterocycles. The van der Waals surface area contributed by atoms with Gasteiger partial charge in [-0.2, -0.15) is 0 Å². The topological polar surface area (TPSA) is 69.6 Å². The molecule has 0 saturated carbocycles. The van der Waals surface area contributed by atoms with E-state index in [-0.39, 0.29) is 12.5 Å². The quantitative estimate of drug-likeness (QED) is 0.0488. The molecule has 0 saturated heterocycles. The van der Waals surface area contributed by atoms with E-state index in [1.165, 1.54) is 167 Å². The first-order valence-corrected chi connectivity index (χ1v) is 19.6. The Kier molecular flexibility index (Phi) is 35.4. The molecule has 3 N–H and O–H groups in total. The van der Waals surface area contributed by atoms with Crippen molar-refractivity contribution in [1.82, 2.24) is 5.32 Å². The average Bonchev–Trinajstić information content (AvgIpc) is 3.03. The Balaban J connectivity index is 3.52. The minimum Gasteiger partial charge on any atom is -0.394 e. The van der Waals surface area contributed by atoms with E-state index < -0.39 is 12.1 Å². The van der Waals surface area contributed by atoms with Crippen molar-refractivity contribution in [3.63, 3.8) is 0 Å². The lowest BCUT2D eigenvalue weighted by atomic mass is 10.0. The summed E-state index contributed by atoms with van der Waals surface area (Å²) in [4.78, 5) is 12.3. The van der Waals surface area contributed by atoms with Gasteiger partial charge in [-0.25, -0.2) is 0 Å². The third-order valence-electron chi connectivity index (χ3n) is 8.99. The first kappa shape index (κ1) is 42.9. The summed E-state index contributed by atoms with van der Waals surface area (Å²) in [7, 11) is 0. The monoisotopic (exact) mass is 620 g/mol. The van der Waals surface area contributed by atoms with Gasteiger partial charge in [-0.3, -0.25) is 4.79 Å². The molecule has 0 fully saturated rings. The highest BCUT2D eigenvalue weighted by molar-refractivity contribution is 5.76. The van der Waals surface area contributed by atoms with Gasteiger partial charge >= 0.3 is 0 Å². The molecular formula is C40H77NO3. The Morgan fingerprint density at radius 2 is 0.909 bits per heavy atom. The largest absolute Gasteiger partial charge is 0.394 e. The van der Waals surface area contributed by atoms with E-state index >= 15 is 0 Å². The van der Waals surface area contributed by atoms with Crippen LogP contribution in [0.25, 0.3) is 0 Å². The van der Waals surface area contributed by atoms with Gasteiger partial charge in [0.1, 0.15) is 0 Å². The summed E-state index contributed by atoms with van der Waals surface area (Å²) in [6.07, 6.45) is 45.7. The van der Waals surface area contributed by atoms with Crippen molar-refractivity contribution in [3.8, 4) is 0 Å².